The number of carbonyl (C=O) groups excluding carboxylic acids is 3. The predicted molar refractivity (Wildman–Crippen MR) is 134 cm³/mol. The topological polar surface area (TPSA) is 109 Å². The van der Waals surface area contributed by atoms with Gasteiger partial charge in [-0.25, -0.2) is 0 Å². The molecule has 0 bridgehead atoms. The van der Waals surface area contributed by atoms with Crippen molar-refractivity contribution in [3.63, 3.8) is 0 Å². The van der Waals surface area contributed by atoms with Gasteiger partial charge in [-0.3, -0.25) is 30.6 Å². The summed E-state index contributed by atoms with van der Waals surface area (Å²) in [6.07, 6.45) is 0.892. The van der Waals surface area contributed by atoms with Gasteiger partial charge >= 0.3 is 0 Å². The van der Waals surface area contributed by atoms with Crippen molar-refractivity contribution in [2.24, 2.45) is 0 Å². The molecule has 8 nitrogen and oxygen atoms in total. The normalized spacial score (nSPS) is 10.0. The molecule has 3 amide bonds. The first kappa shape index (κ1) is 24.4. The number of carbonyl (C=O) groups is 3. The van der Waals surface area contributed by atoms with Crippen LogP contribution in [0.4, 0.5) is 5.69 Å². The third-order valence-corrected chi connectivity index (χ3v) is 4.75. The molecule has 0 atom stereocenters. The summed E-state index contributed by atoms with van der Waals surface area (Å²) in [4.78, 5) is 36.8. The van der Waals surface area contributed by atoms with E-state index in [0.29, 0.717) is 34.7 Å². The van der Waals surface area contributed by atoms with Crippen molar-refractivity contribution in [2.75, 3.05) is 11.9 Å². The fourth-order valence-corrected chi connectivity index (χ4v) is 2.96. The van der Waals surface area contributed by atoms with Gasteiger partial charge in [0.25, 0.3) is 17.7 Å². The lowest BCUT2D eigenvalue weighted by Crippen LogP contribution is -2.48. The van der Waals surface area contributed by atoms with Crippen molar-refractivity contribution in [1.82, 2.24) is 16.2 Å². The fraction of sp³-hybridized carbons (Fsp3) is 0.120. The van der Waals surface area contributed by atoms with Gasteiger partial charge in [0.05, 0.1) is 6.61 Å². The number of anilines is 1. The summed E-state index contributed by atoms with van der Waals surface area (Å²) < 4.78 is 5.49. The van der Waals surface area contributed by atoms with Crippen LogP contribution in [0.25, 0.3) is 0 Å². The van der Waals surface area contributed by atoms with Gasteiger partial charge in [-0.2, -0.15) is 0 Å². The number of rotatable bonds is 7. The monoisotopic (exact) mass is 476 g/mol. The number of hydrogen-bond donors (Lipinski definition) is 4. The molecule has 3 rings (SSSR count). The summed E-state index contributed by atoms with van der Waals surface area (Å²) in [5.41, 5.74) is 6.73. The van der Waals surface area contributed by atoms with Gasteiger partial charge in [0.1, 0.15) is 5.75 Å². The number of benzene rings is 3. The maximum Gasteiger partial charge on any atom is 0.269 e. The Bertz CT molecular complexity index is 1150. The van der Waals surface area contributed by atoms with E-state index in [1.807, 2.05) is 13.0 Å². The maximum absolute atomic E-state index is 12.3. The summed E-state index contributed by atoms with van der Waals surface area (Å²) in [5, 5.41) is 5.19. The zero-order chi connectivity index (χ0) is 24.3. The third kappa shape index (κ3) is 7.14. The van der Waals surface area contributed by atoms with Crippen molar-refractivity contribution in [2.45, 2.75) is 13.3 Å². The van der Waals surface area contributed by atoms with Crippen LogP contribution in [-0.2, 0) is 0 Å². The van der Waals surface area contributed by atoms with E-state index in [1.54, 1.807) is 72.8 Å². The number of hydrazine groups is 1. The van der Waals surface area contributed by atoms with Crippen LogP contribution in [0.1, 0.15) is 44.4 Å². The van der Waals surface area contributed by atoms with Gasteiger partial charge in [-0.1, -0.05) is 25.1 Å². The lowest BCUT2D eigenvalue weighted by molar-refractivity contribution is 0.0934. The van der Waals surface area contributed by atoms with Gasteiger partial charge in [0.15, 0.2) is 5.11 Å². The van der Waals surface area contributed by atoms with E-state index in [1.165, 1.54) is 0 Å². The molecule has 0 aliphatic carbocycles. The number of thiocarbonyl (C=S) groups is 1. The number of hydrogen-bond acceptors (Lipinski definition) is 5. The van der Waals surface area contributed by atoms with Crippen molar-refractivity contribution >= 4 is 40.7 Å². The first-order valence-electron chi connectivity index (χ1n) is 10.6. The van der Waals surface area contributed by atoms with Crippen LogP contribution in [0.3, 0.4) is 0 Å². The zero-order valence-electron chi connectivity index (χ0n) is 18.5. The highest BCUT2D eigenvalue weighted by molar-refractivity contribution is 7.80. The Morgan fingerprint density at radius 1 is 0.735 bits per heavy atom. The van der Waals surface area contributed by atoms with Crippen LogP contribution < -0.4 is 26.2 Å². The molecule has 0 saturated carbocycles. The highest BCUT2D eigenvalue weighted by Crippen LogP contribution is 2.13. The number of nitrogens with one attached hydrogen (secondary N) is 4. The molecule has 0 aliphatic heterocycles. The summed E-state index contributed by atoms with van der Waals surface area (Å²) in [6, 6.07) is 21.8. The second-order valence-corrected chi connectivity index (χ2v) is 7.54. The Morgan fingerprint density at radius 2 is 1.32 bits per heavy atom. The molecule has 174 valence electrons. The average molecular weight is 477 g/mol. The Balaban J connectivity index is 1.46. The van der Waals surface area contributed by atoms with Crippen LogP contribution in [0.15, 0.2) is 78.9 Å². The molecule has 0 spiro atoms. The molecule has 9 heteroatoms. The molecule has 0 unspecified atom stereocenters. The smallest absolute Gasteiger partial charge is 0.269 e. The van der Waals surface area contributed by atoms with Gasteiger partial charge in [0.2, 0.25) is 0 Å². The molecule has 4 N–H and O–H groups in total. The molecule has 0 radical (unpaired) electrons. The minimum Gasteiger partial charge on any atom is -0.494 e. The largest absolute Gasteiger partial charge is 0.494 e. The minimum atomic E-state index is -0.463. The molecule has 0 saturated heterocycles. The fourth-order valence-electron chi connectivity index (χ4n) is 2.81. The van der Waals surface area contributed by atoms with Gasteiger partial charge in [-0.15, -0.1) is 0 Å². The summed E-state index contributed by atoms with van der Waals surface area (Å²) in [5.74, 6) is -0.456. The Hall–Kier alpha value is -4.24. The van der Waals surface area contributed by atoms with Crippen LogP contribution in [0.2, 0.25) is 0 Å². The Morgan fingerprint density at radius 3 is 1.97 bits per heavy atom. The summed E-state index contributed by atoms with van der Waals surface area (Å²) in [6.45, 7) is 2.61. The molecule has 0 heterocycles. The van der Waals surface area contributed by atoms with E-state index in [2.05, 4.69) is 21.5 Å². The Labute approximate surface area is 202 Å². The summed E-state index contributed by atoms with van der Waals surface area (Å²) >= 11 is 5.07. The quantitative estimate of drug-likeness (QED) is 0.306. The molecule has 34 heavy (non-hydrogen) atoms. The van der Waals surface area contributed by atoms with Gasteiger partial charge < -0.3 is 10.1 Å². The highest BCUT2D eigenvalue weighted by atomic mass is 32.1. The third-order valence-electron chi connectivity index (χ3n) is 4.55. The van der Waals surface area contributed by atoms with Crippen molar-refractivity contribution in [1.29, 1.82) is 0 Å². The van der Waals surface area contributed by atoms with Crippen molar-refractivity contribution < 1.29 is 19.1 Å². The SMILES string of the molecule is CCCOc1ccc(C(=O)NC(=S)NNC(=O)c2ccc(NC(=O)c3ccccc3)cc2)cc1. The lowest BCUT2D eigenvalue weighted by atomic mass is 10.1. The predicted octanol–water partition coefficient (Wildman–Crippen LogP) is 3.68. The Kier molecular flexibility index (Phi) is 8.70. The van der Waals surface area contributed by atoms with Gasteiger partial charge in [-0.05, 0) is 79.3 Å². The van der Waals surface area contributed by atoms with E-state index in [0.717, 1.165) is 6.42 Å². The summed E-state index contributed by atoms with van der Waals surface area (Å²) in [7, 11) is 0. The molecule has 0 aliphatic rings. The van der Waals surface area contributed by atoms with E-state index in [-0.39, 0.29) is 11.0 Å². The van der Waals surface area contributed by atoms with E-state index >= 15 is 0 Å². The number of amides is 3. The average Bonchev–Trinajstić information content (AvgIpc) is 2.87. The first-order valence-corrected chi connectivity index (χ1v) is 11.0. The van der Waals surface area contributed by atoms with E-state index in [4.69, 9.17) is 17.0 Å². The van der Waals surface area contributed by atoms with Crippen LogP contribution in [-0.4, -0.2) is 29.4 Å². The van der Waals surface area contributed by atoms with Crippen molar-refractivity contribution in [3.8, 4) is 5.75 Å². The zero-order valence-corrected chi connectivity index (χ0v) is 19.3. The van der Waals surface area contributed by atoms with E-state index in [9.17, 15) is 14.4 Å². The van der Waals surface area contributed by atoms with Gasteiger partial charge in [0, 0.05) is 22.4 Å². The second-order valence-electron chi connectivity index (χ2n) is 7.13. The molecule has 3 aromatic rings. The van der Waals surface area contributed by atoms with E-state index < -0.39 is 11.8 Å². The van der Waals surface area contributed by atoms with Crippen LogP contribution in [0.5, 0.6) is 5.75 Å². The highest BCUT2D eigenvalue weighted by Gasteiger charge is 2.11. The van der Waals surface area contributed by atoms with Crippen LogP contribution >= 0.6 is 12.2 Å². The molecule has 3 aromatic carbocycles. The second kappa shape index (κ2) is 12.1. The molecule has 0 aromatic heterocycles. The number of ether oxygens (including phenoxy) is 1. The van der Waals surface area contributed by atoms with Crippen molar-refractivity contribution in [3.05, 3.63) is 95.6 Å². The molecular formula is C25H24N4O4S. The molecular weight excluding hydrogens is 452 g/mol. The maximum atomic E-state index is 12.3. The molecule has 0 fully saturated rings. The lowest BCUT2D eigenvalue weighted by Gasteiger charge is -2.12. The minimum absolute atomic E-state index is 0.0589. The first-order chi connectivity index (χ1) is 16.5. The standard InChI is InChI=1S/C25H24N4O4S/c1-2-16-33-21-14-10-18(11-15-21)23(31)27-25(34)29-28-24(32)19-8-12-20(13-9-19)26-22(30)17-6-4-3-5-7-17/h3-15H,2,16H2,1H3,(H,26,30)(H,28,32)(H2,27,29,31,34). The van der Waals surface area contributed by atoms with Crippen LogP contribution in [0, 0.1) is 0 Å².